The van der Waals surface area contributed by atoms with Crippen molar-refractivity contribution in [2.45, 2.75) is 26.7 Å². The van der Waals surface area contributed by atoms with E-state index in [0.717, 1.165) is 23.7 Å². The van der Waals surface area contributed by atoms with E-state index in [0.29, 0.717) is 23.8 Å². The van der Waals surface area contributed by atoms with Crippen molar-refractivity contribution in [3.63, 3.8) is 0 Å². The molecule has 2 rings (SSSR count). The molecule has 112 valence electrons. The number of carbonyl (C=O) groups excluding carboxylic acids is 1. The average molecular weight is 286 g/mol. The van der Waals surface area contributed by atoms with Gasteiger partial charge in [0, 0.05) is 11.9 Å². The van der Waals surface area contributed by atoms with Gasteiger partial charge in [-0.3, -0.25) is 10.6 Å². The molecule has 21 heavy (non-hydrogen) atoms. The zero-order valence-corrected chi connectivity index (χ0v) is 12.5. The largest absolute Gasteiger partial charge is 0.350 e. The van der Waals surface area contributed by atoms with Gasteiger partial charge in [-0.25, -0.2) is 4.98 Å². The third-order valence-electron chi connectivity index (χ3n) is 3.81. The quantitative estimate of drug-likeness (QED) is 0.563. The molecule has 5 nitrogen and oxygen atoms in total. The number of benzene rings is 1. The van der Waals surface area contributed by atoms with E-state index in [1.165, 1.54) is 0 Å². The van der Waals surface area contributed by atoms with Gasteiger partial charge >= 0.3 is 0 Å². The van der Waals surface area contributed by atoms with Crippen LogP contribution in [0.2, 0.25) is 0 Å². The predicted molar refractivity (Wildman–Crippen MR) is 86.0 cm³/mol. The first-order valence-electron chi connectivity index (χ1n) is 7.34. The van der Waals surface area contributed by atoms with Crippen LogP contribution in [-0.2, 0) is 0 Å². The summed E-state index contributed by atoms with van der Waals surface area (Å²) < 4.78 is 0. The standard InChI is InChI=1S/C16H22N4O/c1-3-11(4-2)10-18-16(21)15-9-14(20-17)12-7-5-6-8-13(12)19-15/h5-9,11H,3-4,10,17H2,1-2H3,(H,18,21)(H,19,20). The summed E-state index contributed by atoms with van der Waals surface area (Å²) in [5, 5.41) is 3.85. The molecule has 4 N–H and O–H groups in total. The Hall–Kier alpha value is -2.14. The molecular weight excluding hydrogens is 264 g/mol. The van der Waals surface area contributed by atoms with Gasteiger partial charge < -0.3 is 10.7 Å². The topological polar surface area (TPSA) is 80.0 Å². The van der Waals surface area contributed by atoms with Crippen molar-refractivity contribution in [2.24, 2.45) is 11.8 Å². The van der Waals surface area contributed by atoms with Crippen LogP contribution in [0.1, 0.15) is 37.2 Å². The fourth-order valence-electron chi connectivity index (χ4n) is 2.32. The van der Waals surface area contributed by atoms with Gasteiger partial charge in [-0.2, -0.15) is 0 Å². The number of carbonyl (C=O) groups is 1. The predicted octanol–water partition coefficient (Wildman–Crippen LogP) is 2.69. The summed E-state index contributed by atoms with van der Waals surface area (Å²) in [6.45, 7) is 4.93. The number of nitrogen functional groups attached to an aromatic ring is 1. The Balaban J connectivity index is 2.23. The summed E-state index contributed by atoms with van der Waals surface area (Å²) in [5.74, 6) is 5.88. The molecule has 0 unspecified atom stereocenters. The van der Waals surface area contributed by atoms with E-state index >= 15 is 0 Å². The number of hydrogen-bond acceptors (Lipinski definition) is 4. The first-order valence-corrected chi connectivity index (χ1v) is 7.34. The molecule has 0 saturated carbocycles. The molecule has 0 radical (unpaired) electrons. The van der Waals surface area contributed by atoms with Crippen LogP contribution in [0.3, 0.4) is 0 Å². The normalized spacial score (nSPS) is 10.9. The van der Waals surface area contributed by atoms with Gasteiger partial charge in [0.15, 0.2) is 0 Å². The number of nitrogens with two attached hydrogens (primary N) is 1. The van der Waals surface area contributed by atoms with Crippen LogP contribution >= 0.6 is 0 Å². The number of amides is 1. The zero-order valence-electron chi connectivity index (χ0n) is 12.5. The summed E-state index contributed by atoms with van der Waals surface area (Å²) in [7, 11) is 0. The van der Waals surface area contributed by atoms with E-state index < -0.39 is 0 Å². The molecule has 0 aliphatic heterocycles. The third-order valence-corrected chi connectivity index (χ3v) is 3.81. The summed E-state index contributed by atoms with van der Waals surface area (Å²) in [6, 6.07) is 9.28. The lowest BCUT2D eigenvalue weighted by Gasteiger charge is -2.14. The number of nitrogens with zero attached hydrogens (tertiary/aromatic N) is 1. The highest BCUT2D eigenvalue weighted by molar-refractivity contribution is 5.99. The smallest absolute Gasteiger partial charge is 0.269 e. The second-order valence-corrected chi connectivity index (χ2v) is 5.11. The van der Waals surface area contributed by atoms with Gasteiger partial charge in [0.1, 0.15) is 5.69 Å². The molecule has 1 aromatic carbocycles. The van der Waals surface area contributed by atoms with Crippen molar-refractivity contribution in [1.82, 2.24) is 10.3 Å². The molecule has 2 aromatic rings. The summed E-state index contributed by atoms with van der Waals surface area (Å²) in [5.41, 5.74) is 4.47. The van der Waals surface area contributed by atoms with Gasteiger partial charge in [0.25, 0.3) is 5.91 Å². The number of fused-ring (bicyclic) bond motifs is 1. The number of aromatic nitrogens is 1. The average Bonchev–Trinajstić information content (AvgIpc) is 2.54. The minimum atomic E-state index is -0.163. The van der Waals surface area contributed by atoms with Gasteiger partial charge in [0.05, 0.1) is 11.2 Å². The molecule has 0 fully saturated rings. The molecule has 0 bridgehead atoms. The fourth-order valence-corrected chi connectivity index (χ4v) is 2.32. The Bertz CT molecular complexity index is 623. The van der Waals surface area contributed by atoms with Crippen molar-refractivity contribution in [3.05, 3.63) is 36.0 Å². The van der Waals surface area contributed by atoms with Gasteiger partial charge in [0.2, 0.25) is 0 Å². The Morgan fingerprint density at radius 3 is 2.67 bits per heavy atom. The van der Waals surface area contributed by atoms with Crippen molar-refractivity contribution in [2.75, 3.05) is 12.0 Å². The lowest BCUT2D eigenvalue weighted by Crippen LogP contribution is -2.29. The molecule has 0 saturated heterocycles. The Labute approximate surface area is 124 Å². The zero-order chi connectivity index (χ0) is 15.2. The van der Waals surface area contributed by atoms with Gasteiger partial charge in [-0.15, -0.1) is 0 Å². The summed E-state index contributed by atoms with van der Waals surface area (Å²) >= 11 is 0. The minimum absolute atomic E-state index is 0.163. The van der Waals surface area contributed by atoms with Crippen LogP contribution in [0.4, 0.5) is 5.69 Å². The SMILES string of the molecule is CCC(CC)CNC(=O)c1cc(NN)c2ccccc2n1. The van der Waals surface area contributed by atoms with Crippen LogP contribution in [0.5, 0.6) is 0 Å². The van der Waals surface area contributed by atoms with Crippen LogP contribution in [-0.4, -0.2) is 17.4 Å². The van der Waals surface area contributed by atoms with Crippen molar-refractivity contribution >= 4 is 22.5 Å². The molecule has 5 heteroatoms. The maximum atomic E-state index is 12.3. The van der Waals surface area contributed by atoms with Crippen LogP contribution in [0, 0.1) is 5.92 Å². The molecule has 0 aliphatic carbocycles. The van der Waals surface area contributed by atoms with E-state index in [2.05, 4.69) is 29.6 Å². The van der Waals surface area contributed by atoms with E-state index in [1.807, 2.05) is 24.3 Å². The lowest BCUT2D eigenvalue weighted by molar-refractivity contribution is 0.0942. The number of rotatable bonds is 6. The van der Waals surface area contributed by atoms with Crippen molar-refractivity contribution in [1.29, 1.82) is 0 Å². The van der Waals surface area contributed by atoms with E-state index in [9.17, 15) is 4.79 Å². The molecule has 0 spiro atoms. The van der Waals surface area contributed by atoms with Crippen LogP contribution in [0.15, 0.2) is 30.3 Å². The minimum Gasteiger partial charge on any atom is -0.350 e. The highest BCUT2D eigenvalue weighted by atomic mass is 16.1. The lowest BCUT2D eigenvalue weighted by atomic mass is 10.0. The highest BCUT2D eigenvalue weighted by Crippen LogP contribution is 2.22. The maximum absolute atomic E-state index is 12.3. The van der Waals surface area contributed by atoms with Crippen molar-refractivity contribution < 1.29 is 4.79 Å². The first-order chi connectivity index (χ1) is 10.2. The maximum Gasteiger partial charge on any atom is 0.269 e. The number of hydrazine groups is 1. The number of anilines is 1. The van der Waals surface area contributed by atoms with E-state index in [4.69, 9.17) is 5.84 Å². The Kier molecular flexibility index (Phi) is 5.11. The Morgan fingerprint density at radius 1 is 1.29 bits per heavy atom. The van der Waals surface area contributed by atoms with Gasteiger partial charge in [-0.05, 0) is 18.1 Å². The second-order valence-electron chi connectivity index (χ2n) is 5.11. The molecule has 0 aliphatic rings. The Morgan fingerprint density at radius 2 is 2.00 bits per heavy atom. The fraction of sp³-hybridized carbons (Fsp3) is 0.375. The molecule has 1 amide bonds. The van der Waals surface area contributed by atoms with Crippen molar-refractivity contribution in [3.8, 4) is 0 Å². The third kappa shape index (κ3) is 3.49. The van der Waals surface area contributed by atoms with E-state index in [1.54, 1.807) is 6.07 Å². The molecule has 0 atom stereocenters. The summed E-state index contributed by atoms with van der Waals surface area (Å²) in [6.07, 6.45) is 2.11. The number of hydrogen-bond donors (Lipinski definition) is 3. The van der Waals surface area contributed by atoms with Gasteiger partial charge in [-0.1, -0.05) is 44.9 Å². The second kappa shape index (κ2) is 7.04. The highest BCUT2D eigenvalue weighted by Gasteiger charge is 2.13. The molecular formula is C16H22N4O. The number of para-hydroxylation sites is 1. The van der Waals surface area contributed by atoms with Crippen LogP contribution in [0.25, 0.3) is 10.9 Å². The molecule has 1 aromatic heterocycles. The number of nitrogens with one attached hydrogen (secondary N) is 2. The molecule has 1 heterocycles. The monoisotopic (exact) mass is 286 g/mol. The summed E-state index contributed by atoms with van der Waals surface area (Å²) in [4.78, 5) is 16.7. The number of pyridine rings is 1. The first kappa shape index (κ1) is 15.3. The van der Waals surface area contributed by atoms with Crippen LogP contribution < -0.4 is 16.6 Å². The van der Waals surface area contributed by atoms with E-state index in [-0.39, 0.29) is 5.91 Å².